The molecule has 4 nitrogen and oxygen atoms in total. The van der Waals surface area contributed by atoms with Crippen LogP contribution in [0.4, 0.5) is 0 Å². The first kappa shape index (κ1) is 15.5. The molecule has 0 spiro atoms. The Bertz CT molecular complexity index is 687. The molecule has 0 saturated heterocycles. The molecule has 1 saturated carbocycles. The summed E-state index contributed by atoms with van der Waals surface area (Å²) in [6.45, 7) is 1.42. The SMILES string of the molecule is N#Cc1cccc(CNCc2cccnc2OC2CCCC2)c1. The minimum atomic E-state index is 0.316. The van der Waals surface area contributed by atoms with Gasteiger partial charge in [0.15, 0.2) is 0 Å². The van der Waals surface area contributed by atoms with Crippen LogP contribution >= 0.6 is 0 Å². The number of aromatic nitrogens is 1. The van der Waals surface area contributed by atoms with E-state index < -0.39 is 0 Å². The van der Waals surface area contributed by atoms with Gasteiger partial charge in [-0.3, -0.25) is 0 Å². The van der Waals surface area contributed by atoms with Crippen molar-refractivity contribution in [1.29, 1.82) is 5.26 Å². The Morgan fingerprint density at radius 2 is 2.04 bits per heavy atom. The smallest absolute Gasteiger partial charge is 0.218 e. The second-order valence-electron chi connectivity index (χ2n) is 5.91. The third-order valence-electron chi connectivity index (χ3n) is 4.13. The highest BCUT2D eigenvalue weighted by Gasteiger charge is 2.18. The van der Waals surface area contributed by atoms with E-state index in [0.717, 1.165) is 29.8 Å². The van der Waals surface area contributed by atoms with Gasteiger partial charge in [0.1, 0.15) is 6.10 Å². The lowest BCUT2D eigenvalue weighted by Crippen LogP contribution is -2.17. The van der Waals surface area contributed by atoms with Gasteiger partial charge < -0.3 is 10.1 Å². The van der Waals surface area contributed by atoms with Crippen molar-refractivity contribution >= 4 is 0 Å². The first-order chi connectivity index (χ1) is 11.3. The van der Waals surface area contributed by atoms with Crippen LogP contribution in [0, 0.1) is 11.3 Å². The summed E-state index contributed by atoms with van der Waals surface area (Å²) in [4.78, 5) is 4.39. The number of rotatable bonds is 6. The minimum absolute atomic E-state index is 0.316. The molecule has 1 aromatic heterocycles. The maximum atomic E-state index is 8.94. The van der Waals surface area contributed by atoms with Crippen LogP contribution in [0.5, 0.6) is 5.88 Å². The van der Waals surface area contributed by atoms with Crippen molar-refractivity contribution < 1.29 is 4.74 Å². The van der Waals surface area contributed by atoms with Gasteiger partial charge >= 0.3 is 0 Å². The minimum Gasteiger partial charge on any atom is -0.474 e. The lowest BCUT2D eigenvalue weighted by Gasteiger charge is -2.15. The van der Waals surface area contributed by atoms with Gasteiger partial charge in [0, 0.05) is 24.8 Å². The fourth-order valence-electron chi connectivity index (χ4n) is 2.92. The number of benzene rings is 1. The molecule has 0 atom stereocenters. The summed E-state index contributed by atoms with van der Waals surface area (Å²) in [7, 11) is 0. The normalized spacial score (nSPS) is 14.6. The highest BCUT2D eigenvalue weighted by atomic mass is 16.5. The Hall–Kier alpha value is -2.38. The average molecular weight is 307 g/mol. The van der Waals surface area contributed by atoms with Crippen molar-refractivity contribution in [3.63, 3.8) is 0 Å². The molecule has 1 aliphatic carbocycles. The predicted molar refractivity (Wildman–Crippen MR) is 88.8 cm³/mol. The molecule has 1 N–H and O–H groups in total. The standard InChI is InChI=1S/C19H21N3O/c20-12-15-5-3-6-16(11-15)13-21-14-17-7-4-10-22-19(17)23-18-8-1-2-9-18/h3-7,10-11,18,21H,1-2,8-9,13-14H2. The molecule has 0 radical (unpaired) electrons. The number of nitrogens with zero attached hydrogens (tertiary/aromatic N) is 2. The molecular formula is C19H21N3O. The topological polar surface area (TPSA) is 57.9 Å². The van der Waals surface area contributed by atoms with Gasteiger partial charge in [0.25, 0.3) is 0 Å². The summed E-state index contributed by atoms with van der Waals surface area (Å²) in [5.74, 6) is 0.748. The molecule has 0 bridgehead atoms. The van der Waals surface area contributed by atoms with Crippen LogP contribution in [0.2, 0.25) is 0 Å². The second kappa shape index (κ2) is 7.75. The number of pyridine rings is 1. The van der Waals surface area contributed by atoms with Gasteiger partial charge in [-0.15, -0.1) is 0 Å². The predicted octanol–water partition coefficient (Wildman–Crippen LogP) is 3.56. The summed E-state index contributed by atoms with van der Waals surface area (Å²) in [5.41, 5.74) is 2.87. The third-order valence-corrected chi connectivity index (χ3v) is 4.13. The molecule has 118 valence electrons. The first-order valence-corrected chi connectivity index (χ1v) is 8.15. The van der Waals surface area contributed by atoms with E-state index in [1.54, 1.807) is 6.20 Å². The summed E-state index contributed by atoms with van der Waals surface area (Å²) < 4.78 is 6.05. The van der Waals surface area contributed by atoms with Crippen molar-refractivity contribution in [2.24, 2.45) is 0 Å². The van der Waals surface area contributed by atoms with Crippen molar-refractivity contribution in [2.45, 2.75) is 44.9 Å². The number of nitrogens with one attached hydrogen (secondary N) is 1. The van der Waals surface area contributed by atoms with Crippen molar-refractivity contribution in [3.05, 3.63) is 59.3 Å². The molecular weight excluding hydrogens is 286 g/mol. The van der Waals surface area contributed by atoms with Crippen LogP contribution in [-0.4, -0.2) is 11.1 Å². The summed E-state index contributed by atoms with van der Waals surface area (Å²) in [6, 6.07) is 13.8. The summed E-state index contributed by atoms with van der Waals surface area (Å²) in [6.07, 6.45) is 6.86. The number of ether oxygens (including phenoxy) is 1. The van der Waals surface area contributed by atoms with Crippen molar-refractivity contribution in [1.82, 2.24) is 10.3 Å². The quantitative estimate of drug-likeness (QED) is 0.886. The van der Waals surface area contributed by atoms with E-state index in [2.05, 4.69) is 22.4 Å². The van der Waals surface area contributed by atoms with Crippen LogP contribution < -0.4 is 10.1 Å². The van der Waals surface area contributed by atoms with Gasteiger partial charge in [-0.25, -0.2) is 4.98 Å². The Morgan fingerprint density at radius 3 is 2.87 bits per heavy atom. The fraction of sp³-hybridized carbons (Fsp3) is 0.368. The van der Waals surface area contributed by atoms with Gasteiger partial charge in [0.05, 0.1) is 11.6 Å². The fourth-order valence-corrected chi connectivity index (χ4v) is 2.92. The Morgan fingerprint density at radius 1 is 1.17 bits per heavy atom. The van der Waals surface area contributed by atoms with Gasteiger partial charge in [-0.1, -0.05) is 18.2 Å². The molecule has 1 fully saturated rings. The van der Waals surface area contributed by atoms with Gasteiger partial charge in [-0.2, -0.15) is 5.26 Å². The zero-order chi connectivity index (χ0) is 15.9. The molecule has 0 amide bonds. The maximum Gasteiger partial charge on any atom is 0.218 e. The molecule has 3 rings (SSSR count). The lowest BCUT2D eigenvalue weighted by atomic mass is 10.1. The molecule has 4 heteroatoms. The van der Waals surface area contributed by atoms with Crippen LogP contribution in [0.3, 0.4) is 0 Å². The van der Waals surface area contributed by atoms with Gasteiger partial charge in [-0.05, 0) is 49.4 Å². The average Bonchev–Trinajstić information content (AvgIpc) is 3.10. The van der Waals surface area contributed by atoms with Crippen LogP contribution in [-0.2, 0) is 13.1 Å². The lowest BCUT2D eigenvalue weighted by molar-refractivity contribution is 0.199. The molecule has 1 aromatic carbocycles. The molecule has 2 aromatic rings. The molecule has 23 heavy (non-hydrogen) atoms. The Kier molecular flexibility index (Phi) is 5.23. The van der Waals surface area contributed by atoms with Crippen LogP contribution in [0.25, 0.3) is 0 Å². The number of hydrogen-bond donors (Lipinski definition) is 1. The largest absolute Gasteiger partial charge is 0.474 e. The van der Waals surface area contributed by atoms with Crippen LogP contribution in [0.15, 0.2) is 42.6 Å². The molecule has 1 heterocycles. The molecule has 1 aliphatic rings. The molecule has 0 aliphatic heterocycles. The summed E-state index contributed by atoms with van der Waals surface area (Å²) in [5, 5.41) is 12.3. The highest BCUT2D eigenvalue weighted by Crippen LogP contribution is 2.24. The van der Waals surface area contributed by atoms with E-state index in [1.807, 2.05) is 30.3 Å². The van der Waals surface area contributed by atoms with Crippen molar-refractivity contribution in [2.75, 3.05) is 0 Å². The Balaban J connectivity index is 1.58. The van der Waals surface area contributed by atoms with Crippen LogP contribution in [0.1, 0.15) is 42.4 Å². The second-order valence-corrected chi connectivity index (χ2v) is 5.91. The first-order valence-electron chi connectivity index (χ1n) is 8.15. The van der Waals surface area contributed by atoms with E-state index >= 15 is 0 Å². The Labute approximate surface area is 137 Å². The molecule has 0 unspecified atom stereocenters. The van der Waals surface area contributed by atoms with Crippen molar-refractivity contribution in [3.8, 4) is 11.9 Å². The van der Waals surface area contributed by atoms with E-state index in [0.29, 0.717) is 24.8 Å². The monoisotopic (exact) mass is 307 g/mol. The maximum absolute atomic E-state index is 8.94. The van der Waals surface area contributed by atoms with E-state index in [9.17, 15) is 0 Å². The highest BCUT2D eigenvalue weighted by molar-refractivity contribution is 5.33. The summed E-state index contributed by atoms with van der Waals surface area (Å²) >= 11 is 0. The van der Waals surface area contributed by atoms with E-state index in [4.69, 9.17) is 10.00 Å². The van der Waals surface area contributed by atoms with E-state index in [1.165, 1.54) is 12.8 Å². The number of hydrogen-bond acceptors (Lipinski definition) is 4. The zero-order valence-electron chi connectivity index (χ0n) is 13.2. The number of nitriles is 1. The van der Waals surface area contributed by atoms with E-state index in [-0.39, 0.29) is 0 Å². The van der Waals surface area contributed by atoms with Gasteiger partial charge in [0.2, 0.25) is 5.88 Å². The zero-order valence-corrected chi connectivity index (χ0v) is 13.2. The third kappa shape index (κ3) is 4.30.